The molecule has 2 aromatic rings. The van der Waals surface area contributed by atoms with Crippen molar-refractivity contribution in [2.24, 2.45) is 0 Å². The van der Waals surface area contributed by atoms with Gasteiger partial charge in [0.25, 0.3) is 11.5 Å². The highest BCUT2D eigenvalue weighted by Crippen LogP contribution is 2.53. The van der Waals surface area contributed by atoms with Crippen LogP contribution < -0.4 is 10.0 Å². The Morgan fingerprint density at radius 1 is 0.944 bits per heavy atom. The van der Waals surface area contributed by atoms with Crippen molar-refractivity contribution in [2.45, 2.75) is 61.6 Å². The topological polar surface area (TPSA) is 84.5 Å². The maximum absolute atomic E-state index is 13.6. The summed E-state index contributed by atoms with van der Waals surface area (Å²) in [4.78, 5) is 12.5. The molecule has 1 fully saturated rings. The third kappa shape index (κ3) is 6.01. The SMILES string of the molecule is CCCOC(c1ccc(C(=O)NCc2ccc(S(=O)(=O)NC3CC3)cc2)cc1)(C(F)(F)F)C(F)(F)F. The molecule has 1 amide bonds. The minimum Gasteiger partial charge on any atom is -0.354 e. The molecule has 3 rings (SSSR count). The summed E-state index contributed by atoms with van der Waals surface area (Å²) in [5.41, 5.74) is -5.35. The summed E-state index contributed by atoms with van der Waals surface area (Å²) in [6.45, 7) is 0.548. The maximum Gasteiger partial charge on any atom is 0.430 e. The average Bonchev–Trinajstić information content (AvgIpc) is 3.60. The molecule has 1 aliphatic carbocycles. The van der Waals surface area contributed by atoms with Crippen LogP contribution in [0.1, 0.15) is 47.7 Å². The van der Waals surface area contributed by atoms with E-state index in [0.717, 1.165) is 25.0 Å². The van der Waals surface area contributed by atoms with Gasteiger partial charge in [-0.2, -0.15) is 26.3 Å². The first-order valence-electron chi connectivity index (χ1n) is 11.0. The molecular weight excluding hydrogens is 514 g/mol. The van der Waals surface area contributed by atoms with Gasteiger partial charge in [-0.25, -0.2) is 13.1 Å². The average molecular weight is 539 g/mol. The van der Waals surface area contributed by atoms with E-state index in [9.17, 15) is 39.6 Å². The van der Waals surface area contributed by atoms with E-state index in [1.165, 1.54) is 31.2 Å². The molecule has 0 spiro atoms. The molecule has 0 bridgehead atoms. The van der Waals surface area contributed by atoms with Gasteiger partial charge in [0.15, 0.2) is 0 Å². The highest BCUT2D eigenvalue weighted by molar-refractivity contribution is 7.89. The summed E-state index contributed by atoms with van der Waals surface area (Å²) < 4.78 is 113. The van der Waals surface area contributed by atoms with Crippen LogP contribution in [0.3, 0.4) is 0 Å². The van der Waals surface area contributed by atoms with Crippen LogP contribution in [0.4, 0.5) is 26.3 Å². The Bertz CT molecular complexity index is 1150. The third-order valence-electron chi connectivity index (χ3n) is 5.46. The number of halogens is 6. The van der Waals surface area contributed by atoms with Gasteiger partial charge in [0.05, 0.1) is 4.90 Å². The van der Waals surface area contributed by atoms with Gasteiger partial charge < -0.3 is 10.1 Å². The molecule has 1 saturated carbocycles. The molecule has 6 nitrogen and oxygen atoms in total. The van der Waals surface area contributed by atoms with E-state index >= 15 is 0 Å². The van der Waals surface area contributed by atoms with E-state index < -0.39 is 46.1 Å². The number of carbonyl (C=O) groups is 1. The minimum absolute atomic E-state index is 0.0500. The zero-order valence-electron chi connectivity index (χ0n) is 19.0. The van der Waals surface area contributed by atoms with Crippen molar-refractivity contribution in [3.63, 3.8) is 0 Å². The van der Waals surface area contributed by atoms with Crippen LogP contribution in [-0.2, 0) is 26.9 Å². The highest BCUT2D eigenvalue weighted by atomic mass is 32.2. The molecule has 0 heterocycles. The zero-order chi connectivity index (χ0) is 26.8. The molecule has 36 heavy (non-hydrogen) atoms. The smallest absolute Gasteiger partial charge is 0.354 e. The van der Waals surface area contributed by atoms with Crippen LogP contribution >= 0.6 is 0 Å². The van der Waals surface area contributed by atoms with Gasteiger partial charge in [-0.15, -0.1) is 0 Å². The van der Waals surface area contributed by atoms with Gasteiger partial charge in [-0.05, 0) is 49.1 Å². The number of hydrogen-bond acceptors (Lipinski definition) is 4. The second-order valence-electron chi connectivity index (χ2n) is 8.32. The van der Waals surface area contributed by atoms with Crippen LogP contribution in [0.25, 0.3) is 0 Å². The summed E-state index contributed by atoms with van der Waals surface area (Å²) in [6, 6.07) is 8.48. The van der Waals surface area contributed by atoms with E-state index in [4.69, 9.17) is 0 Å². The van der Waals surface area contributed by atoms with Crippen LogP contribution in [0.2, 0.25) is 0 Å². The zero-order valence-corrected chi connectivity index (χ0v) is 19.9. The van der Waals surface area contributed by atoms with Crippen LogP contribution in [0.5, 0.6) is 0 Å². The fourth-order valence-corrected chi connectivity index (χ4v) is 4.71. The van der Waals surface area contributed by atoms with Crippen molar-refractivity contribution in [1.82, 2.24) is 10.0 Å². The monoisotopic (exact) mass is 538 g/mol. The number of nitrogens with one attached hydrogen (secondary N) is 2. The number of alkyl halides is 6. The first-order chi connectivity index (χ1) is 16.7. The van der Waals surface area contributed by atoms with E-state index in [2.05, 4.69) is 14.8 Å². The number of rotatable bonds is 10. The molecule has 1 aliphatic rings. The van der Waals surface area contributed by atoms with E-state index in [1.54, 1.807) is 0 Å². The Morgan fingerprint density at radius 2 is 1.50 bits per heavy atom. The molecule has 0 aliphatic heterocycles. The molecule has 0 aromatic heterocycles. The number of benzene rings is 2. The van der Waals surface area contributed by atoms with E-state index in [1.807, 2.05) is 0 Å². The van der Waals surface area contributed by atoms with Gasteiger partial charge in [0, 0.05) is 30.3 Å². The number of sulfonamides is 1. The first-order valence-corrected chi connectivity index (χ1v) is 12.5. The van der Waals surface area contributed by atoms with Crippen molar-refractivity contribution in [3.05, 3.63) is 65.2 Å². The molecule has 198 valence electrons. The molecule has 0 radical (unpaired) electrons. The van der Waals surface area contributed by atoms with Crippen molar-refractivity contribution in [1.29, 1.82) is 0 Å². The maximum atomic E-state index is 13.6. The number of hydrogen-bond donors (Lipinski definition) is 2. The second kappa shape index (κ2) is 10.4. The molecule has 0 saturated heterocycles. The van der Waals surface area contributed by atoms with Gasteiger partial charge in [-0.3, -0.25) is 4.79 Å². The Labute approximate surface area is 204 Å². The summed E-state index contributed by atoms with van der Waals surface area (Å²) in [6.07, 6.45) is -10.1. The van der Waals surface area contributed by atoms with Crippen molar-refractivity contribution in [2.75, 3.05) is 6.61 Å². The fraction of sp³-hybridized carbons (Fsp3) is 0.435. The summed E-state index contributed by atoms with van der Waals surface area (Å²) in [5, 5.41) is 2.49. The number of ether oxygens (including phenoxy) is 1. The minimum atomic E-state index is -5.79. The Balaban J connectivity index is 1.72. The fourth-order valence-electron chi connectivity index (χ4n) is 3.41. The molecule has 13 heteroatoms. The van der Waals surface area contributed by atoms with Crippen LogP contribution in [0, 0.1) is 0 Å². The third-order valence-corrected chi connectivity index (χ3v) is 7.00. The summed E-state index contributed by atoms with van der Waals surface area (Å²) >= 11 is 0. The Morgan fingerprint density at radius 3 is 1.97 bits per heavy atom. The van der Waals surface area contributed by atoms with Gasteiger partial charge in [0.2, 0.25) is 10.0 Å². The molecule has 2 aromatic carbocycles. The van der Waals surface area contributed by atoms with Crippen molar-refractivity contribution < 1.29 is 44.3 Å². The molecule has 2 N–H and O–H groups in total. The number of amides is 1. The van der Waals surface area contributed by atoms with Crippen LogP contribution in [-0.4, -0.2) is 39.3 Å². The molecular formula is C23H24F6N2O4S. The Kier molecular flexibility index (Phi) is 8.06. The Hall–Kier alpha value is -2.64. The van der Waals surface area contributed by atoms with Gasteiger partial charge in [-0.1, -0.05) is 31.2 Å². The lowest BCUT2D eigenvalue weighted by Gasteiger charge is -2.37. The lowest BCUT2D eigenvalue weighted by Crippen LogP contribution is -2.56. The second-order valence-corrected chi connectivity index (χ2v) is 10.0. The van der Waals surface area contributed by atoms with Crippen LogP contribution in [0.15, 0.2) is 53.4 Å². The predicted molar refractivity (Wildman–Crippen MR) is 117 cm³/mol. The lowest BCUT2D eigenvalue weighted by molar-refractivity contribution is -0.389. The van der Waals surface area contributed by atoms with Crippen molar-refractivity contribution in [3.8, 4) is 0 Å². The van der Waals surface area contributed by atoms with E-state index in [0.29, 0.717) is 17.7 Å². The first kappa shape index (κ1) is 27.9. The standard InChI is InChI=1S/C23H24F6N2O4S/c1-2-13-35-21(22(24,25)26,23(27,28)29)17-7-5-16(6-8-17)20(32)30-14-15-3-11-19(12-4-15)36(33,34)31-18-9-10-18/h3-8,11-12,18,31H,2,9-10,13-14H2,1H3,(H,30,32). The lowest BCUT2D eigenvalue weighted by atomic mass is 9.91. The van der Waals surface area contributed by atoms with Gasteiger partial charge in [0.1, 0.15) is 0 Å². The largest absolute Gasteiger partial charge is 0.430 e. The molecule has 0 atom stereocenters. The summed E-state index contributed by atoms with van der Waals surface area (Å²) in [5.74, 6) is -0.743. The quantitative estimate of drug-likeness (QED) is 0.426. The predicted octanol–water partition coefficient (Wildman–Crippen LogP) is 4.80. The summed E-state index contributed by atoms with van der Waals surface area (Å²) in [7, 11) is -3.64. The molecule has 0 unspecified atom stereocenters. The highest BCUT2D eigenvalue weighted by Gasteiger charge is 2.73. The number of carbonyl (C=O) groups excluding carboxylic acids is 1. The normalized spacial score (nSPS) is 15.1. The van der Waals surface area contributed by atoms with E-state index in [-0.39, 0.29) is 29.5 Å². The van der Waals surface area contributed by atoms with Crippen molar-refractivity contribution >= 4 is 15.9 Å². The van der Waals surface area contributed by atoms with Gasteiger partial charge >= 0.3 is 12.4 Å².